The van der Waals surface area contributed by atoms with Crippen molar-refractivity contribution < 1.29 is 22.9 Å². The highest BCUT2D eigenvalue weighted by Crippen LogP contribution is 2.21. The first-order valence-electron chi connectivity index (χ1n) is 8.72. The summed E-state index contributed by atoms with van der Waals surface area (Å²) in [4.78, 5) is 26.2. The van der Waals surface area contributed by atoms with Gasteiger partial charge in [0, 0.05) is 30.6 Å². The predicted octanol–water partition coefficient (Wildman–Crippen LogP) is 3.42. The molecule has 10 heteroatoms. The Bertz CT molecular complexity index is 1160. The van der Waals surface area contributed by atoms with E-state index in [0.717, 1.165) is 5.69 Å². The molecule has 0 aliphatic carbocycles. The molecule has 0 saturated heterocycles. The average molecular weight is 427 g/mol. The lowest BCUT2D eigenvalue weighted by Gasteiger charge is -2.08. The van der Waals surface area contributed by atoms with E-state index in [0.29, 0.717) is 5.56 Å². The topological polar surface area (TPSA) is 128 Å². The monoisotopic (exact) mass is 427 g/mol. The molecule has 0 aliphatic heterocycles. The molecule has 1 amide bonds. The molecule has 1 N–H and O–H groups in total. The van der Waals surface area contributed by atoms with E-state index < -0.39 is 20.9 Å². The molecule has 3 rings (SSSR count). The Kier molecular flexibility index (Phi) is 6.07. The molecule has 9 nitrogen and oxygen atoms in total. The molecule has 2 aromatic carbocycles. The Hall–Kier alpha value is -3.79. The van der Waals surface area contributed by atoms with E-state index in [1.54, 1.807) is 25.1 Å². The summed E-state index contributed by atoms with van der Waals surface area (Å²) in [6, 6.07) is 14.3. The van der Waals surface area contributed by atoms with Crippen molar-refractivity contribution in [2.24, 2.45) is 0 Å². The van der Waals surface area contributed by atoms with E-state index in [1.807, 2.05) is 0 Å². The number of benzene rings is 2. The third-order valence-corrected chi connectivity index (χ3v) is 5.88. The van der Waals surface area contributed by atoms with E-state index in [9.17, 15) is 23.3 Å². The summed E-state index contributed by atoms with van der Waals surface area (Å²) >= 11 is 0. The Morgan fingerprint density at radius 2 is 1.67 bits per heavy atom. The van der Waals surface area contributed by atoms with Gasteiger partial charge in [0.25, 0.3) is 5.69 Å². The number of non-ortho nitro benzene ring substituents is 1. The lowest BCUT2D eigenvalue weighted by Crippen LogP contribution is -2.26. The fourth-order valence-electron chi connectivity index (χ4n) is 2.49. The number of nitrogens with one attached hydrogen (secondary N) is 1. The standard InChI is InChI=1S/C20H17N3O6S/c1-14-2-9-19(13-21-14)30(27,28)18-10-3-15(4-11-18)12-22-20(24)29-17-7-5-16(6-8-17)23(25)26/h2-11,13H,12H2,1H3,(H,22,24). The number of nitro benzene ring substituents is 1. The number of amides is 1. The summed E-state index contributed by atoms with van der Waals surface area (Å²) in [5.74, 6) is 0.159. The number of sulfone groups is 1. The van der Waals surface area contributed by atoms with Gasteiger partial charge >= 0.3 is 6.09 Å². The van der Waals surface area contributed by atoms with Gasteiger partial charge < -0.3 is 10.1 Å². The third kappa shape index (κ3) is 4.97. The van der Waals surface area contributed by atoms with Crippen LogP contribution in [0.3, 0.4) is 0 Å². The third-order valence-electron chi connectivity index (χ3n) is 4.12. The first-order chi connectivity index (χ1) is 14.3. The number of carbonyl (C=O) groups excluding carboxylic acids is 1. The van der Waals surface area contributed by atoms with Crippen molar-refractivity contribution in [2.45, 2.75) is 23.3 Å². The number of ether oxygens (including phenoxy) is 1. The van der Waals surface area contributed by atoms with Gasteiger partial charge in [-0.25, -0.2) is 13.2 Å². The summed E-state index contributed by atoms with van der Waals surface area (Å²) in [5.41, 5.74) is 1.27. The number of nitrogens with zero attached hydrogens (tertiary/aromatic N) is 2. The zero-order valence-corrected chi connectivity index (χ0v) is 16.6. The van der Waals surface area contributed by atoms with E-state index in [1.165, 1.54) is 48.7 Å². The van der Waals surface area contributed by atoms with Gasteiger partial charge in [0.1, 0.15) is 5.75 Å². The molecule has 0 spiro atoms. The van der Waals surface area contributed by atoms with Crippen molar-refractivity contribution >= 4 is 21.6 Å². The summed E-state index contributed by atoms with van der Waals surface area (Å²) in [6.07, 6.45) is 0.570. The predicted molar refractivity (Wildman–Crippen MR) is 107 cm³/mol. The number of nitro groups is 1. The van der Waals surface area contributed by atoms with Gasteiger partial charge in [-0.3, -0.25) is 15.1 Å². The van der Waals surface area contributed by atoms with Crippen LogP contribution in [-0.2, 0) is 16.4 Å². The summed E-state index contributed by atoms with van der Waals surface area (Å²) in [6.45, 7) is 1.88. The smallest absolute Gasteiger partial charge is 0.410 e. The zero-order chi connectivity index (χ0) is 21.7. The first-order valence-corrected chi connectivity index (χ1v) is 10.2. The van der Waals surface area contributed by atoms with Gasteiger partial charge in [-0.15, -0.1) is 0 Å². The molecule has 0 fully saturated rings. The zero-order valence-electron chi connectivity index (χ0n) is 15.8. The molecular formula is C20H17N3O6S. The fraction of sp³-hybridized carbons (Fsp3) is 0.100. The Balaban J connectivity index is 1.59. The molecule has 0 unspecified atom stereocenters. The van der Waals surface area contributed by atoms with E-state index in [-0.39, 0.29) is 27.8 Å². The number of rotatable bonds is 6. The van der Waals surface area contributed by atoms with Crippen LogP contribution in [-0.4, -0.2) is 24.4 Å². The van der Waals surface area contributed by atoms with Gasteiger partial charge in [0.05, 0.1) is 14.7 Å². The first kappa shape index (κ1) is 20.9. The van der Waals surface area contributed by atoms with Gasteiger partial charge in [0.15, 0.2) is 0 Å². The number of carbonyl (C=O) groups is 1. The van der Waals surface area contributed by atoms with Gasteiger partial charge in [-0.05, 0) is 48.9 Å². The van der Waals surface area contributed by atoms with Crippen molar-refractivity contribution in [1.82, 2.24) is 10.3 Å². The summed E-state index contributed by atoms with van der Waals surface area (Å²) in [5, 5.41) is 13.1. The number of hydrogen-bond acceptors (Lipinski definition) is 7. The second-order valence-electron chi connectivity index (χ2n) is 6.28. The van der Waals surface area contributed by atoms with Crippen LogP contribution in [0, 0.1) is 17.0 Å². The van der Waals surface area contributed by atoms with Crippen LogP contribution in [0.5, 0.6) is 5.75 Å². The second-order valence-corrected chi connectivity index (χ2v) is 8.23. The summed E-state index contributed by atoms with van der Waals surface area (Å²) < 4.78 is 30.3. The summed E-state index contributed by atoms with van der Waals surface area (Å²) in [7, 11) is -3.68. The second kappa shape index (κ2) is 8.70. The van der Waals surface area contributed by atoms with E-state index in [2.05, 4.69) is 10.3 Å². The molecule has 1 aromatic heterocycles. The van der Waals surface area contributed by atoms with Crippen molar-refractivity contribution in [3.05, 3.63) is 88.2 Å². The quantitative estimate of drug-likeness (QED) is 0.471. The number of aryl methyl sites for hydroxylation is 1. The largest absolute Gasteiger partial charge is 0.412 e. The molecule has 1 heterocycles. The molecular weight excluding hydrogens is 410 g/mol. The van der Waals surface area contributed by atoms with Crippen LogP contribution in [0.15, 0.2) is 76.7 Å². The molecule has 0 atom stereocenters. The number of aromatic nitrogens is 1. The van der Waals surface area contributed by atoms with Crippen molar-refractivity contribution in [3.8, 4) is 5.75 Å². The SMILES string of the molecule is Cc1ccc(S(=O)(=O)c2ccc(CNC(=O)Oc3ccc([N+](=O)[O-])cc3)cc2)cn1. The highest BCUT2D eigenvalue weighted by atomic mass is 32.2. The van der Waals surface area contributed by atoms with Gasteiger partial charge in [-0.2, -0.15) is 0 Å². The van der Waals surface area contributed by atoms with Gasteiger partial charge in [0.2, 0.25) is 9.84 Å². The van der Waals surface area contributed by atoms with Crippen LogP contribution in [0.1, 0.15) is 11.3 Å². The Morgan fingerprint density at radius 3 is 2.23 bits per heavy atom. The number of hydrogen-bond donors (Lipinski definition) is 1. The molecule has 0 aliphatic rings. The van der Waals surface area contributed by atoms with E-state index >= 15 is 0 Å². The van der Waals surface area contributed by atoms with Crippen LogP contribution in [0.25, 0.3) is 0 Å². The van der Waals surface area contributed by atoms with Crippen molar-refractivity contribution in [1.29, 1.82) is 0 Å². The molecule has 0 bridgehead atoms. The molecule has 0 radical (unpaired) electrons. The maximum absolute atomic E-state index is 12.6. The maximum atomic E-state index is 12.6. The Morgan fingerprint density at radius 1 is 1.03 bits per heavy atom. The highest BCUT2D eigenvalue weighted by Gasteiger charge is 2.18. The molecule has 3 aromatic rings. The minimum atomic E-state index is -3.68. The minimum absolute atomic E-state index is 0.102. The average Bonchev–Trinajstić information content (AvgIpc) is 2.73. The lowest BCUT2D eigenvalue weighted by molar-refractivity contribution is -0.384. The van der Waals surface area contributed by atoms with Crippen LogP contribution in [0.2, 0.25) is 0 Å². The van der Waals surface area contributed by atoms with E-state index in [4.69, 9.17) is 4.74 Å². The fourth-order valence-corrected chi connectivity index (χ4v) is 3.69. The van der Waals surface area contributed by atoms with Crippen LogP contribution < -0.4 is 10.1 Å². The normalized spacial score (nSPS) is 11.0. The van der Waals surface area contributed by atoms with Crippen LogP contribution in [0.4, 0.5) is 10.5 Å². The molecule has 154 valence electrons. The minimum Gasteiger partial charge on any atom is -0.410 e. The molecule has 0 saturated carbocycles. The Labute approximate surface area is 172 Å². The van der Waals surface area contributed by atoms with Crippen LogP contribution >= 0.6 is 0 Å². The van der Waals surface area contributed by atoms with Crippen molar-refractivity contribution in [2.75, 3.05) is 0 Å². The molecule has 30 heavy (non-hydrogen) atoms. The maximum Gasteiger partial charge on any atom is 0.412 e. The lowest BCUT2D eigenvalue weighted by atomic mass is 10.2. The van der Waals surface area contributed by atoms with Gasteiger partial charge in [-0.1, -0.05) is 12.1 Å². The number of pyridine rings is 1. The van der Waals surface area contributed by atoms with Crippen molar-refractivity contribution in [3.63, 3.8) is 0 Å². The highest BCUT2D eigenvalue weighted by molar-refractivity contribution is 7.91.